The Morgan fingerprint density at radius 1 is 1.19 bits per heavy atom. The molecule has 3 aromatic heterocycles. The van der Waals surface area contributed by atoms with Crippen LogP contribution in [-0.2, 0) is 0 Å². The molecule has 110 valence electrons. The number of aromatic nitrogens is 4. The van der Waals surface area contributed by atoms with Crippen LogP contribution in [0.15, 0.2) is 6.07 Å². The van der Waals surface area contributed by atoms with Gasteiger partial charge in [0.2, 0.25) is 4.96 Å². The third kappa shape index (κ3) is 2.24. The summed E-state index contributed by atoms with van der Waals surface area (Å²) in [5.74, 6) is 1.55. The van der Waals surface area contributed by atoms with Crippen molar-refractivity contribution in [3.63, 3.8) is 0 Å². The summed E-state index contributed by atoms with van der Waals surface area (Å²) in [6.45, 7) is 2.08. The van der Waals surface area contributed by atoms with Crippen LogP contribution in [0.4, 0.5) is 5.00 Å². The number of fused-ring (bicyclic) bond motifs is 1. The largest absolute Gasteiger partial charge is 0.391 e. The molecule has 0 unspecified atom stereocenters. The Kier molecular flexibility index (Phi) is 3.19. The molecule has 0 saturated heterocycles. The zero-order chi connectivity index (χ0) is 14.4. The van der Waals surface area contributed by atoms with E-state index < -0.39 is 0 Å². The van der Waals surface area contributed by atoms with Gasteiger partial charge in [-0.25, -0.2) is 0 Å². The first-order chi connectivity index (χ1) is 10.2. The van der Waals surface area contributed by atoms with Gasteiger partial charge in [-0.3, -0.25) is 0 Å². The maximum Gasteiger partial charge on any atom is 0.235 e. The van der Waals surface area contributed by atoms with Gasteiger partial charge in [0.25, 0.3) is 0 Å². The number of nitrogens with zero attached hydrogens (tertiary/aromatic N) is 4. The van der Waals surface area contributed by atoms with Crippen molar-refractivity contribution in [3.8, 4) is 9.88 Å². The molecule has 1 fully saturated rings. The van der Waals surface area contributed by atoms with Gasteiger partial charge in [-0.2, -0.15) is 9.61 Å². The van der Waals surface area contributed by atoms with Gasteiger partial charge in [0, 0.05) is 5.92 Å². The highest BCUT2D eigenvalue weighted by Crippen LogP contribution is 2.37. The Labute approximate surface area is 130 Å². The molecule has 3 aromatic rings. The van der Waals surface area contributed by atoms with E-state index in [9.17, 15) is 0 Å². The maximum absolute atomic E-state index is 5.89. The van der Waals surface area contributed by atoms with Crippen molar-refractivity contribution in [2.75, 3.05) is 5.73 Å². The fraction of sp³-hybridized carbons (Fsp3) is 0.500. The van der Waals surface area contributed by atoms with Crippen molar-refractivity contribution in [1.82, 2.24) is 19.8 Å². The van der Waals surface area contributed by atoms with Crippen LogP contribution in [0.25, 0.3) is 14.8 Å². The van der Waals surface area contributed by atoms with Gasteiger partial charge in [0.15, 0.2) is 10.8 Å². The van der Waals surface area contributed by atoms with E-state index in [4.69, 9.17) is 10.8 Å². The van der Waals surface area contributed by atoms with E-state index in [0.717, 1.165) is 25.7 Å². The highest BCUT2D eigenvalue weighted by molar-refractivity contribution is 7.25. The molecule has 21 heavy (non-hydrogen) atoms. The van der Waals surface area contributed by atoms with Gasteiger partial charge in [0.05, 0.1) is 9.88 Å². The Bertz CT molecular complexity index is 779. The number of thiophene rings is 1. The van der Waals surface area contributed by atoms with Crippen LogP contribution in [0.1, 0.15) is 49.4 Å². The molecular formula is C14H17N5S2. The molecule has 0 radical (unpaired) electrons. The highest BCUT2D eigenvalue weighted by Gasteiger charge is 2.23. The summed E-state index contributed by atoms with van der Waals surface area (Å²) in [5, 5.41) is 15.3. The lowest BCUT2D eigenvalue weighted by Crippen LogP contribution is -2.09. The number of hydrogen-bond acceptors (Lipinski definition) is 6. The van der Waals surface area contributed by atoms with E-state index >= 15 is 0 Å². The summed E-state index contributed by atoms with van der Waals surface area (Å²) in [6, 6.07) is 2.00. The number of nitrogen functional groups attached to an aromatic ring is 1. The fourth-order valence-corrected chi connectivity index (χ4v) is 4.98. The van der Waals surface area contributed by atoms with E-state index in [2.05, 4.69) is 17.1 Å². The quantitative estimate of drug-likeness (QED) is 0.779. The van der Waals surface area contributed by atoms with Gasteiger partial charge in [-0.15, -0.1) is 21.5 Å². The van der Waals surface area contributed by atoms with E-state index in [0.29, 0.717) is 5.92 Å². The summed E-state index contributed by atoms with van der Waals surface area (Å²) >= 11 is 3.19. The molecule has 1 aliphatic carbocycles. The fourth-order valence-electron chi connectivity index (χ4n) is 3.06. The van der Waals surface area contributed by atoms with Gasteiger partial charge in [-0.05, 0) is 31.4 Å². The Balaban J connectivity index is 1.76. The van der Waals surface area contributed by atoms with Crippen molar-refractivity contribution in [2.45, 2.75) is 44.9 Å². The van der Waals surface area contributed by atoms with E-state index in [1.807, 2.05) is 10.6 Å². The number of nitrogens with two attached hydrogens (primary N) is 1. The van der Waals surface area contributed by atoms with E-state index in [-0.39, 0.29) is 0 Å². The normalized spacial score (nSPS) is 16.8. The van der Waals surface area contributed by atoms with Crippen LogP contribution in [0.5, 0.6) is 0 Å². The van der Waals surface area contributed by atoms with Gasteiger partial charge < -0.3 is 5.73 Å². The smallest absolute Gasteiger partial charge is 0.235 e. The Morgan fingerprint density at radius 2 is 2.00 bits per heavy atom. The minimum absolute atomic E-state index is 0.512. The molecule has 0 aromatic carbocycles. The van der Waals surface area contributed by atoms with Gasteiger partial charge in [-0.1, -0.05) is 30.6 Å². The minimum atomic E-state index is 0.512. The second kappa shape index (κ2) is 5.06. The summed E-state index contributed by atoms with van der Waals surface area (Å²) in [5.41, 5.74) is 7.08. The van der Waals surface area contributed by atoms with Crippen LogP contribution in [-0.4, -0.2) is 19.8 Å². The van der Waals surface area contributed by atoms with Crippen molar-refractivity contribution in [1.29, 1.82) is 0 Å². The Morgan fingerprint density at radius 3 is 2.71 bits per heavy atom. The second-order valence-corrected chi connectivity index (χ2v) is 7.70. The molecule has 0 spiro atoms. The van der Waals surface area contributed by atoms with Crippen molar-refractivity contribution >= 4 is 32.6 Å². The SMILES string of the molecule is Cc1cc(N)sc1-c1nn2c(C3CCCCC3)nnc2s1. The lowest BCUT2D eigenvalue weighted by molar-refractivity contribution is 0.423. The minimum Gasteiger partial charge on any atom is -0.391 e. The van der Waals surface area contributed by atoms with Crippen LogP contribution >= 0.6 is 22.7 Å². The molecule has 4 rings (SSSR count). The molecule has 5 nitrogen and oxygen atoms in total. The van der Waals surface area contributed by atoms with Gasteiger partial charge >= 0.3 is 0 Å². The molecule has 1 aliphatic rings. The summed E-state index contributed by atoms with van der Waals surface area (Å²) < 4.78 is 1.95. The van der Waals surface area contributed by atoms with Crippen LogP contribution in [0.2, 0.25) is 0 Å². The third-order valence-corrected chi connectivity index (χ3v) is 6.23. The molecule has 7 heteroatoms. The summed E-state index contributed by atoms with van der Waals surface area (Å²) in [7, 11) is 0. The Hall–Kier alpha value is -1.47. The average Bonchev–Trinajstić information content (AvgIpc) is 3.13. The molecule has 3 heterocycles. The lowest BCUT2D eigenvalue weighted by atomic mass is 9.89. The van der Waals surface area contributed by atoms with Crippen molar-refractivity contribution < 1.29 is 0 Å². The first-order valence-electron chi connectivity index (χ1n) is 7.31. The standard InChI is InChI=1S/C14H17N5S2/c1-8-7-10(15)20-11(8)13-18-19-12(16-17-14(19)21-13)9-5-3-2-4-6-9/h7,9H,2-6,15H2,1H3. The zero-order valence-electron chi connectivity index (χ0n) is 11.9. The number of anilines is 1. The molecule has 0 bridgehead atoms. The third-order valence-electron chi connectivity index (χ3n) is 4.12. The van der Waals surface area contributed by atoms with Crippen LogP contribution in [0, 0.1) is 6.92 Å². The monoisotopic (exact) mass is 319 g/mol. The number of aryl methyl sites for hydroxylation is 1. The zero-order valence-corrected chi connectivity index (χ0v) is 13.5. The predicted molar refractivity (Wildman–Crippen MR) is 86.9 cm³/mol. The summed E-state index contributed by atoms with van der Waals surface area (Å²) in [4.78, 5) is 2.04. The van der Waals surface area contributed by atoms with E-state index in [1.165, 1.54) is 37.7 Å². The molecule has 2 N–H and O–H groups in total. The lowest BCUT2D eigenvalue weighted by Gasteiger charge is -2.18. The maximum atomic E-state index is 5.89. The number of hydrogen-bond donors (Lipinski definition) is 1. The average molecular weight is 319 g/mol. The van der Waals surface area contributed by atoms with E-state index in [1.54, 1.807) is 22.7 Å². The second-order valence-electron chi connectivity index (χ2n) is 5.66. The molecule has 0 atom stereocenters. The molecular weight excluding hydrogens is 302 g/mol. The summed E-state index contributed by atoms with van der Waals surface area (Å²) in [6.07, 6.45) is 6.33. The first kappa shape index (κ1) is 13.2. The first-order valence-corrected chi connectivity index (χ1v) is 8.94. The van der Waals surface area contributed by atoms with Crippen LogP contribution < -0.4 is 5.73 Å². The van der Waals surface area contributed by atoms with Crippen LogP contribution in [0.3, 0.4) is 0 Å². The topological polar surface area (TPSA) is 69.1 Å². The predicted octanol–water partition coefficient (Wildman–Crippen LogP) is 3.85. The molecule has 0 amide bonds. The number of rotatable bonds is 2. The molecule has 1 saturated carbocycles. The van der Waals surface area contributed by atoms with Crippen molar-refractivity contribution in [2.24, 2.45) is 0 Å². The molecule has 0 aliphatic heterocycles. The van der Waals surface area contributed by atoms with Gasteiger partial charge in [0.1, 0.15) is 0 Å². The highest BCUT2D eigenvalue weighted by atomic mass is 32.1. The van der Waals surface area contributed by atoms with Crippen molar-refractivity contribution in [3.05, 3.63) is 17.5 Å².